The number of rotatable bonds is 15. The minimum absolute atomic E-state index is 0.0472. The zero-order chi connectivity index (χ0) is 24.5. The maximum Gasteiger partial charge on any atom is 0.510 e. The van der Waals surface area contributed by atoms with E-state index in [1.54, 1.807) is 6.92 Å². The molecule has 0 aromatic carbocycles. The van der Waals surface area contributed by atoms with Crippen molar-refractivity contribution in [3.8, 4) is 0 Å². The SMILES string of the molecule is CCOC(=O)CC1(CNC(=O)OCCSSCCOC(=O)OC(C)O[N+](=O)[O-])CCCCC1. The van der Waals surface area contributed by atoms with Crippen LogP contribution in [0.3, 0.4) is 0 Å². The molecule has 0 aliphatic heterocycles. The van der Waals surface area contributed by atoms with Gasteiger partial charge >= 0.3 is 18.2 Å². The Balaban J connectivity index is 2.11. The highest BCUT2D eigenvalue weighted by Gasteiger charge is 2.35. The Labute approximate surface area is 200 Å². The van der Waals surface area contributed by atoms with Crippen molar-refractivity contribution in [3.63, 3.8) is 0 Å². The van der Waals surface area contributed by atoms with Crippen LogP contribution in [0, 0.1) is 15.5 Å². The zero-order valence-electron chi connectivity index (χ0n) is 18.9. The number of carbonyl (C=O) groups excluding carboxylic acids is 3. The summed E-state index contributed by atoms with van der Waals surface area (Å²) in [6.45, 7) is 3.94. The van der Waals surface area contributed by atoms with Gasteiger partial charge in [0.2, 0.25) is 6.29 Å². The first-order valence-corrected chi connectivity index (χ1v) is 13.2. The van der Waals surface area contributed by atoms with Crippen LogP contribution in [0.5, 0.6) is 0 Å². The molecule has 14 heteroatoms. The lowest BCUT2D eigenvalue weighted by Gasteiger charge is -2.36. The maximum atomic E-state index is 12.0. The summed E-state index contributed by atoms with van der Waals surface area (Å²) in [6.07, 6.45) is 2.28. The Morgan fingerprint density at radius 2 is 1.70 bits per heavy atom. The Hall–Kier alpha value is -2.09. The van der Waals surface area contributed by atoms with Crippen LogP contribution in [0.15, 0.2) is 0 Å². The molecule has 0 radical (unpaired) electrons. The summed E-state index contributed by atoms with van der Waals surface area (Å²) >= 11 is 0. The van der Waals surface area contributed by atoms with Crippen LogP contribution in [0.25, 0.3) is 0 Å². The number of alkyl carbamates (subject to hydrolysis) is 1. The van der Waals surface area contributed by atoms with E-state index in [0.29, 0.717) is 31.1 Å². The second-order valence-electron chi connectivity index (χ2n) is 7.29. The quantitative estimate of drug-likeness (QED) is 0.0647. The van der Waals surface area contributed by atoms with E-state index in [1.165, 1.54) is 28.5 Å². The van der Waals surface area contributed by atoms with Crippen molar-refractivity contribution < 1.29 is 43.3 Å². The minimum atomic E-state index is -1.35. The Kier molecular flexibility index (Phi) is 14.5. The Morgan fingerprint density at radius 1 is 1.06 bits per heavy atom. The summed E-state index contributed by atoms with van der Waals surface area (Å²) < 4.78 is 19.5. The van der Waals surface area contributed by atoms with Crippen molar-refractivity contribution in [2.45, 2.75) is 58.7 Å². The molecule has 1 aliphatic carbocycles. The second kappa shape index (κ2) is 16.5. The van der Waals surface area contributed by atoms with Gasteiger partial charge in [0.05, 0.1) is 13.0 Å². The van der Waals surface area contributed by atoms with Crippen LogP contribution in [0.2, 0.25) is 0 Å². The molecule has 1 rings (SSSR count). The fourth-order valence-electron chi connectivity index (χ4n) is 3.30. The number of hydrogen-bond donors (Lipinski definition) is 1. The first-order valence-electron chi connectivity index (χ1n) is 10.7. The molecule has 190 valence electrons. The van der Waals surface area contributed by atoms with Crippen LogP contribution in [0.1, 0.15) is 52.4 Å². The predicted molar refractivity (Wildman–Crippen MR) is 121 cm³/mol. The highest BCUT2D eigenvalue weighted by molar-refractivity contribution is 8.76. The van der Waals surface area contributed by atoms with Gasteiger partial charge in [0.25, 0.3) is 5.09 Å². The van der Waals surface area contributed by atoms with Crippen molar-refractivity contribution >= 4 is 39.8 Å². The number of carbonyl (C=O) groups is 3. The van der Waals surface area contributed by atoms with E-state index in [-0.39, 0.29) is 24.6 Å². The third kappa shape index (κ3) is 13.9. The molecule has 1 atom stereocenters. The van der Waals surface area contributed by atoms with Crippen LogP contribution < -0.4 is 5.32 Å². The monoisotopic (exact) mass is 512 g/mol. The van der Waals surface area contributed by atoms with Crippen molar-refractivity contribution in [1.82, 2.24) is 5.32 Å². The van der Waals surface area contributed by atoms with Crippen molar-refractivity contribution in [2.75, 3.05) is 37.9 Å². The largest absolute Gasteiger partial charge is 0.510 e. The molecular formula is C19H32N2O10S2. The molecule has 33 heavy (non-hydrogen) atoms. The van der Waals surface area contributed by atoms with Crippen LogP contribution in [0.4, 0.5) is 9.59 Å². The van der Waals surface area contributed by atoms with Gasteiger partial charge in [0, 0.05) is 18.1 Å². The Morgan fingerprint density at radius 3 is 2.30 bits per heavy atom. The molecule has 0 aromatic heterocycles. The molecule has 1 N–H and O–H groups in total. The molecular weight excluding hydrogens is 480 g/mol. The topological polar surface area (TPSA) is 153 Å². The lowest BCUT2D eigenvalue weighted by atomic mass is 9.72. The lowest BCUT2D eigenvalue weighted by molar-refractivity contribution is -0.777. The molecule has 0 aromatic rings. The first-order chi connectivity index (χ1) is 15.8. The number of nitrogens with zero attached hydrogens (tertiary/aromatic N) is 1. The third-order valence-corrected chi connectivity index (χ3v) is 7.05. The van der Waals surface area contributed by atoms with E-state index < -0.39 is 23.6 Å². The molecule has 12 nitrogen and oxygen atoms in total. The fourth-order valence-corrected chi connectivity index (χ4v) is 4.96. The normalized spacial score (nSPS) is 15.6. The van der Waals surface area contributed by atoms with E-state index in [0.717, 1.165) is 32.1 Å². The van der Waals surface area contributed by atoms with Crippen LogP contribution in [-0.4, -0.2) is 67.5 Å². The van der Waals surface area contributed by atoms with Crippen molar-refractivity contribution in [3.05, 3.63) is 10.1 Å². The van der Waals surface area contributed by atoms with E-state index in [1.807, 2.05) is 0 Å². The van der Waals surface area contributed by atoms with Gasteiger partial charge in [-0.15, -0.1) is 10.1 Å². The second-order valence-corrected chi connectivity index (χ2v) is 9.99. The van der Waals surface area contributed by atoms with Gasteiger partial charge in [0.1, 0.15) is 13.2 Å². The molecule has 1 unspecified atom stereocenters. The van der Waals surface area contributed by atoms with Gasteiger partial charge in [-0.2, -0.15) is 0 Å². The fraction of sp³-hybridized carbons (Fsp3) is 0.842. The summed E-state index contributed by atoms with van der Waals surface area (Å²) in [7, 11) is 2.84. The smallest absolute Gasteiger partial charge is 0.466 e. The average molecular weight is 513 g/mol. The number of nitrogens with one attached hydrogen (secondary N) is 1. The van der Waals surface area contributed by atoms with Crippen molar-refractivity contribution in [2.24, 2.45) is 5.41 Å². The minimum Gasteiger partial charge on any atom is -0.466 e. The average Bonchev–Trinajstić information content (AvgIpc) is 2.74. The molecule has 1 saturated carbocycles. The summed E-state index contributed by atoms with van der Waals surface area (Å²) in [6, 6.07) is 0. The number of esters is 1. The van der Waals surface area contributed by atoms with Gasteiger partial charge in [-0.3, -0.25) is 9.63 Å². The van der Waals surface area contributed by atoms with Gasteiger partial charge < -0.3 is 24.3 Å². The van der Waals surface area contributed by atoms with Gasteiger partial charge in [-0.25, -0.2) is 9.59 Å². The molecule has 0 spiro atoms. The summed E-state index contributed by atoms with van der Waals surface area (Å²) in [5.41, 5.74) is -0.275. The molecule has 0 saturated heterocycles. The van der Waals surface area contributed by atoms with E-state index >= 15 is 0 Å². The van der Waals surface area contributed by atoms with Crippen LogP contribution >= 0.6 is 21.6 Å². The van der Waals surface area contributed by atoms with E-state index in [4.69, 9.17) is 14.2 Å². The summed E-state index contributed by atoms with van der Waals surface area (Å²) in [4.78, 5) is 49.4. The van der Waals surface area contributed by atoms with Gasteiger partial charge in [0.15, 0.2) is 0 Å². The first kappa shape index (κ1) is 28.9. The molecule has 0 bridgehead atoms. The number of ether oxygens (including phenoxy) is 4. The standard InChI is InChI=1S/C19H32N2O10S2/c1-3-27-16(22)13-19(7-5-4-6-8-19)14-20-17(23)28-9-11-32-33-12-10-29-18(24)30-15(2)31-21(25)26/h15H,3-14H2,1-2H3,(H,20,23). The molecule has 1 aliphatic rings. The molecule has 1 fully saturated rings. The third-order valence-electron chi connectivity index (χ3n) is 4.71. The van der Waals surface area contributed by atoms with E-state index in [2.05, 4.69) is 14.9 Å². The zero-order valence-corrected chi connectivity index (χ0v) is 20.5. The van der Waals surface area contributed by atoms with Gasteiger partial charge in [-0.1, -0.05) is 40.9 Å². The van der Waals surface area contributed by atoms with Crippen LogP contribution in [-0.2, 0) is 28.6 Å². The Bertz CT molecular complexity index is 632. The lowest BCUT2D eigenvalue weighted by Crippen LogP contribution is -2.41. The summed E-state index contributed by atoms with van der Waals surface area (Å²) in [5, 5.41) is 11.8. The van der Waals surface area contributed by atoms with E-state index in [9.17, 15) is 24.5 Å². The van der Waals surface area contributed by atoms with Gasteiger partial charge in [-0.05, 0) is 32.1 Å². The number of hydrogen-bond acceptors (Lipinski definition) is 12. The predicted octanol–water partition coefficient (Wildman–Crippen LogP) is 3.71. The van der Waals surface area contributed by atoms with Crippen molar-refractivity contribution in [1.29, 1.82) is 0 Å². The molecule has 1 amide bonds. The summed E-state index contributed by atoms with van der Waals surface area (Å²) in [5.74, 6) is 0.747. The maximum absolute atomic E-state index is 12.0. The highest BCUT2D eigenvalue weighted by Crippen LogP contribution is 2.39. The number of amides is 1. The highest BCUT2D eigenvalue weighted by atomic mass is 33.1. The molecule has 0 heterocycles.